The summed E-state index contributed by atoms with van der Waals surface area (Å²) >= 11 is 5.85. The van der Waals surface area contributed by atoms with Crippen molar-refractivity contribution >= 4 is 17.3 Å². The summed E-state index contributed by atoms with van der Waals surface area (Å²) < 4.78 is 8.30. The summed E-state index contributed by atoms with van der Waals surface area (Å²) in [5.74, 6) is 0. The lowest BCUT2D eigenvalue weighted by Gasteiger charge is -2.33. The summed E-state index contributed by atoms with van der Waals surface area (Å²) in [6.45, 7) is 1.81. The molecule has 0 spiro atoms. The molecule has 2 aromatic rings. The fourth-order valence-electron chi connectivity index (χ4n) is 5.13. The largest absolute Gasteiger partial charge is 0.376 e. The molecule has 2 saturated heterocycles. The van der Waals surface area contributed by atoms with Crippen LogP contribution in [-0.4, -0.2) is 38.3 Å². The number of ether oxygens (including phenoxy) is 1. The van der Waals surface area contributed by atoms with E-state index in [9.17, 15) is 0 Å². The summed E-state index contributed by atoms with van der Waals surface area (Å²) in [5, 5.41) is 4.48. The third kappa shape index (κ3) is 3.33. The zero-order valence-corrected chi connectivity index (χ0v) is 17.0. The van der Waals surface area contributed by atoms with Gasteiger partial charge in [0.2, 0.25) is 0 Å². The van der Waals surface area contributed by atoms with Crippen LogP contribution in [0, 0.1) is 0 Å². The van der Waals surface area contributed by atoms with Crippen molar-refractivity contribution in [1.29, 1.82) is 0 Å². The molecule has 0 bridgehead atoms. The molecular weight excluding hydrogens is 368 g/mol. The van der Waals surface area contributed by atoms with E-state index >= 15 is 0 Å². The number of rotatable bonds is 5. The van der Waals surface area contributed by atoms with Crippen LogP contribution in [0.3, 0.4) is 0 Å². The molecule has 4 heterocycles. The van der Waals surface area contributed by atoms with Gasteiger partial charge in [-0.3, -0.25) is 4.98 Å². The average molecular weight is 397 g/mol. The number of nitrogens with one attached hydrogen (secondary N) is 1. The van der Waals surface area contributed by atoms with Crippen LogP contribution >= 0.6 is 12.2 Å². The Morgan fingerprint density at radius 3 is 2.75 bits per heavy atom. The number of hydrogen-bond donors (Lipinski definition) is 1. The maximum atomic E-state index is 5.91. The van der Waals surface area contributed by atoms with Crippen LogP contribution in [0.5, 0.6) is 0 Å². The molecule has 0 unspecified atom stereocenters. The molecule has 0 aromatic carbocycles. The standard InChI is InChI=1S/C22H28N4OS/c28-22-24-20(18-10-3-4-12-23-18)21(26(22)16-7-1-2-8-16)19-11-5-13-25(19)15-17-9-6-14-27-17/h3-5,10-13,16-17,20-21H,1-2,6-9,14-15H2,(H,24,28)/t17-,20-,21+/m0/s1. The molecule has 3 aliphatic rings. The second-order valence-corrected chi connectivity index (χ2v) is 8.58. The first-order chi connectivity index (χ1) is 13.8. The zero-order valence-electron chi connectivity index (χ0n) is 16.2. The van der Waals surface area contributed by atoms with E-state index in [4.69, 9.17) is 17.0 Å². The van der Waals surface area contributed by atoms with Crippen molar-refractivity contribution in [3.05, 3.63) is 54.1 Å². The van der Waals surface area contributed by atoms with Gasteiger partial charge in [-0.2, -0.15) is 0 Å². The Kier molecular flexibility index (Phi) is 5.07. The van der Waals surface area contributed by atoms with Gasteiger partial charge >= 0.3 is 0 Å². The predicted octanol–water partition coefficient (Wildman–Crippen LogP) is 3.98. The van der Waals surface area contributed by atoms with Crippen LogP contribution < -0.4 is 5.32 Å². The fraction of sp³-hybridized carbons (Fsp3) is 0.545. The molecule has 1 saturated carbocycles. The highest BCUT2D eigenvalue weighted by atomic mass is 32.1. The third-order valence-corrected chi connectivity index (χ3v) is 6.77. The normalized spacial score (nSPS) is 28.2. The molecule has 0 amide bonds. The predicted molar refractivity (Wildman–Crippen MR) is 113 cm³/mol. The first-order valence-corrected chi connectivity index (χ1v) is 11.0. The Bertz CT molecular complexity index is 811. The summed E-state index contributed by atoms with van der Waals surface area (Å²) in [7, 11) is 0. The first-order valence-electron chi connectivity index (χ1n) is 10.6. The van der Waals surface area contributed by atoms with E-state index in [0.29, 0.717) is 12.1 Å². The highest BCUT2D eigenvalue weighted by molar-refractivity contribution is 7.80. The minimum absolute atomic E-state index is 0.0763. The van der Waals surface area contributed by atoms with Crippen LogP contribution in [0.15, 0.2) is 42.7 Å². The molecule has 6 heteroatoms. The minimum atomic E-state index is 0.0763. The topological polar surface area (TPSA) is 42.3 Å². The molecule has 2 aliphatic heterocycles. The molecule has 1 aliphatic carbocycles. The first kappa shape index (κ1) is 18.1. The smallest absolute Gasteiger partial charge is 0.170 e. The zero-order chi connectivity index (χ0) is 18.9. The van der Waals surface area contributed by atoms with Gasteiger partial charge in [-0.05, 0) is 62.2 Å². The lowest BCUT2D eigenvalue weighted by molar-refractivity contribution is 0.0949. The quantitative estimate of drug-likeness (QED) is 0.775. The summed E-state index contributed by atoms with van der Waals surface area (Å²) in [5.41, 5.74) is 2.37. The Labute approximate surface area is 172 Å². The Hall–Kier alpha value is -1.92. The van der Waals surface area contributed by atoms with E-state index in [-0.39, 0.29) is 12.1 Å². The van der Waals surface area contributed by atoms with Gasteiger partial charge in [-0.1, -0.05) is 18.9 Å². The highest BCUT2D eigenvalue weighted by Gasteiger charge is 2.44. The third-order valence-electron chi connectivity index (χ3n) is 6.45. The number of thiocarbonyl (C=S) groups is 1. The van der Waals surface area contributed by atoms with Gasteiger partial charge in [-0.25, -0.2) is 0 Å². The van der Waals surface area contributed by atoms with Crippen LogP contribution in [0.25, 0.3) is 0 Å². The highest BCUT2D eigenvalue weighted by Crippen LogP contribution is 2.43. The van der Waals surface area contributed by atoms with Gasteiger partial charge in [0, 0.05) is 37.3 Å². The molecular formula is C22H28N4OS. The fourth-order valence-corrected chi connectivity index (χ4v) is 5.52. The van der Waals surface area contributed by atoms with Crippen molar-refractivity contribution < 1.29 is 4.74 Å². The molecule has 3 atom stereocenters. The van der Waals surface area contributed by atoms with E-state index in [1.165, 1.54) is 37.8 Å². The number of pyridine rings is 1. The van der Waals surface area contributed by atoms with E-state index in [0.717, 1.165) is 30.4 Å². The van der Waals surface area contributed by atoms with Crippen molar-refractivity contribution in [3.8, 4) is 0 Å². The van der Waals surface area contributed by atoms with E-state index in [1.807, 2.05) is 12.3 Å². The van der Waals surface area contributed by atoms with Crippen molar-refractivity contribution in [2.24, 2.45) is 0 Å². The Morgan fingerprint density at radius 1 is 1.11 bits per heavy atom. The van der Waals surface area contributed by atoms with Crippen LogP contribution in [0.4, 0.5) is 0 Å². The van der Waals surface area contributed by atoms with Gasteiger partial charge in [0.05, 0.1) is 23.9 Å². The van der Waals surface area contributed by atoms with Crippen LogP contribution in [0.2, 0.25) is 0 Å². The monoisotopic (exact) mass is 396 g/mol. The molecule has 2 aromatic heterocycles. The molecule has 5 rings (SSSR count). The van der Waals surface area contributed by atoms with Crippen LogP contribution in [-0.2, 0) is 11.3 Å². The number of hydrogen-bond acceptors (Lipinski definition) is 3. The van der Waals surface area contributed by atoms with E-state index < -0.39 is 0 Å². The van der Waals surface area contributed by atoms with Gasteiger partial charge < -0.3 is 19.5 Å². The molecule has 3 fully saturated rings. The SMILES string of the molecule is S=C1N[C@@H](c2ccccn2)[C@@H](c2cccn2C[C@@H]2CCCO2)N1C1CCCC1. The van der Waals surface area contributed by atoms with Gasteiger partial charge in [0.25, 0.3) is 0 Å². The molecule has 148 valence electrons. The van der Waals surface area contributed by atoms with Crippen molar-refractivity contribution in [3.63, 3.8) is 0 Å². The summed E-state index contributed by atoms with van der Waals surface area (Å²) in [6.07, 6.45) is 11.7. The van der Waals surface area contributed by atoms with Gasteiger partial charge in [0.15, 0.2) is 5.11 Å². The van der Waals surface area contributed by atoms with E-state index in [1.54, 1.807) is 0 Å². The Morgan fingerprint density at radius 2 is 2.00 bits per heavy atom. The van der Waals surface area contributed by atoms with Crippen LogP contribution in [0.1, 0.15) is 62.0 Å². The molecule has 0 radical (unpaired) electrons. The van der Waals surface area contributed by atoms with Crippen molar-refractivity contribution in [2.45, 2.75) is 69.3 Å². The minimum Gasteiger partial charge on any atom is -0.376 e. The van der Waals surface area contributed by atoms with Gasteiger partial charge in [-0.15, -0.1) is 0 Å². The van der Waals surface area contributed by atoms with Gasteiger partial charge in [0.1, 0.15) is 0 Å². The number of nitrogens with zero attached hydrogens (tertiary/aromatic N) is 3. The van der Waals surface area contributed by atoms with E-state index in [2.05, 4.69) is 50.2 Å². The summed E-state index contributed by atoms with van der Waals surface area (Å²) in [6, 6.07) is 11.3. The number of aromatic nitrogens is 2. The maximum absolute atomic E-state index is 5.91. The lowest BCUT2D eigenvalue weighted by atomic mass is 9.99. The molecule has 5 nitrogen and oxygen atoms in total. The lowest BCUT2D eigenvalue weighted by Crippen LogP contribution is -2.38. The Balaban J connectivity index is 1.52. The second kappa shape index (κ2) is 7.84. The second-order valence-electron chi connectivity index (χ2n) is 8.19. The van der Waals surface area contributed by atoms with Crippen molar-refractivity contribution in [2.75, 3.05) is 6.61 Å². The maximum Gasteiger partial charge on any atom is 0.170 e. The summed E-state index contributed by atoms with van der Waals surface area (Å²) in [4.78, 5) is 7.14. The molecule has 28 heavy (non-hydrogen) atoms. The average Bonchev–Trinajstić information content (AvgIpc) is 3.50. The van der Waals surface area contributed by atoms with Crippen molar-refractivity contribution in [1.82, 2.24) is 19.8 Å². The molecule has 1 N–H and O–H groups in total.